The first kappa shape index (κ1) is 14.0. The van der Waals surface area contributed by atoms with Crippen LogP contribution in [0.3, 0.4) is 0 Å². The fraction of sp³-hybridized carbons (Fsp3) is 0.875. The van der Waals surface area contributed by atoms with Crippen LogP contribution in [0.1, 0.15) is 19.3 Å². The maximum atomic E-state index is 11.6. The Labute approximate surface area is 85.8 Å². The van der Waals surface area contributed by atoms with Crippen molar-refractivity contribution in [3.8, 4) is 0 Å². The van der Waals surface area contributed by atoms with Gasteiger partial charge in [0.05, 0.1) is 0 Å². The summed E-state index contributed by atoms with van der Waals surface area (Å²) in [5.41, 5.74) is 0. The second-order valence-corrected chi connectivity index (χ2v) is 3.01. The molecule has 0 aliphatic carbocycles. The average molecular weight is 228 g/mol. The van der Waals surface area contributed by atoms with Gasteiger partial charge in [-0.2, -0.15) is 13.2 Å². The minimum Gasteiger partial charge on any atom is -0.396 e. The van der Waals surface area contributed by atoms with Crippen LogP contribution < -0.4 is 10.6 Å². The summed E-state index contributed by atoms with van der Waals surface area (Å²) >= 11 is 0. The molecule has 0 saturated heterocycles. The third-order valence-corrected chi connectivity index (χ3v) is 1.57. The van der Waals surface area contributed by atoms with Gasteiger partial charge in [0.15, 0.2) is 0 Å². The van der Waals surface area contributed by atoms with Crippen LogP contribution in [-0.4, -0.2) is 37.0 Å². The summed E-state index contributed by atoms with van der Waals surface area (Å²) in [5.74, 6) is 0. The number of halogens is 3. The van der Waals surface area contributed by atoms with Gasteiger partial charge < -0.3 is 15.7 Å². The number of carbonyl (C=O) groups excluding carboxylic acids is 1. The van der Waals surface area contributed by atoms with E-state index in [2.05, 4.69) is 5.32 Å². The topological polar surface area (TPSA) is 61.4 Å². The van der Waals surface area contributed by atoms with E-state index in [9.17, 15) is 18.0 Å². The molecule has 0 aromatic rings. The van der Waals surface area contributed by atoms with Gasteiger partial charge in [0.1, 0.15) is 6.54 Å². The van der Waals surface area contributed by atoms with Crippen molar-refractivity contribution in [2.45, 2.75) is 25.4 Å². The predicted molar refractivity (Wildman–Crippen MR) is 48.4 cm³/mol. The minimum atomic E-state index is -4.38. The number of carbonyl (C=O) groups is 1. The smallest absolute Gasteiger partial charge is 0.396 e. The van der Waals surface area contributed by atoms with E-state index in [1.54, 1.807) is 5.32 Å². The van der Waals surface area contributed by atoms with Crippen LogP contribution in [0.2, 0.25) is 0 Å². The summed E-state index contributed by atoms with van der Waals surface area (Å²) in [4.78, 5) is 10.8. The van der Waals surface area contributed by atoms with Crippen LogP contribution >= 0.6 is 0 Å². The molecule has 0 unspecified atom stereocenters. The second kappa shape index (κ2) is 7.33. The molecular weight excluding hydrogens is 213 g/mol. The number of hydrogen-bond donors (Lipinski definition) is 3. The molecule has 0 aliphatic rings. The molecule has 0 saturated carbocycles. The van der Waals surface area contributed by atoms with Gasteiger partial charge in [-0.3, -0.25) is 0 Å². The number of alkyl halides is 3. The highest BCUT2D eigenvalue weighted by atomic mass is 19.4. The maximum absolute atomic E-state index is 11.6. The number of hydrogen-bond acceptors (Lipinski definition) is 2. The SMILES string of the molecule is O=C(NCCCCCO)NCC(F)(F)F. The molecule has 15 heavy (non-hydrogen) atoms. The van der Waals surface area contributed by atoms with Crippen molar-refractivity contribution in [1.29, 1.82) is 0 Å². The van der Waals surface area contributed by atoms with Crippen LogP contribution in [0, 0.1) is 0 Å². The van der Waals surface area contributed by atoms with Gasteiger partial charge in [0.25, 0.3) is 0 Å². The van der Waals surface area contributed by atoms with E-state index in [1.165, 1.54) is 0 Å². The van der Waals surface area contributed by atoms with Gasteiger partial charge >= 0.3 is 12.2 Å². The standard InChI is InChI=1S/C8H15F3N2O2/c9-8(10,11)6-13-7(15)12-4-2-1-3-5-14/h14H,1-6H2,(H2,12,13,15). The number of amides is 2. The van der Waals surface area contributed by atoms with Crippen LogP contribution in [-0.2, 0) is 0 Å². The van der Waals surface area contributed by atoms with Crippen molar-refractivity contribution < 1.29 is 23.1 Å². The van der Waals surface area contributed by atoms with Crippen LogP contribution in [0.25, 0.3) is 0 Å². The molecule has 0 spiro atoms. The largest absolute Gasteiger partial charge is 0.405 e. The highest BCUT2D eigenvalue weighted by molar-refractivity contribution is 5.73. The van der Waals surface area contributed by atoms with Crippen molar-refractivity contribution in [2.75, 3.05) is 19.7 Å². The molecule has 90 valence electrons. The van der Waals surface area contributed by atoms with Gasteiger partial charge in [-0.1, -0.05) is 0 Å². The Morgan fingerprint density at radius 3 is 2.33 bits per heavy atom. The summed E-state index contributed by atoms with van der Waals surface area (Å²) in [5, 5.41) is 12.4. The molecule has 0 atom stereocenters. The Hall–Kier alpha value is -0.980. The number of nitrogens with one attached hydrogen (secondary N) is 2. The van der Waals surface area contributed by atoms with Crippen LogP contribution in [0.4, 0.5) is 18.0 Å². The molecule has 4 nitrogen and oxygen atoms in total. The van der Waals surface area contributed by atoms with E-state index in [4.69, 9.17) is 5.11 Å². The Bertz CT molecular complexity index is 185. The number of unbranched alkanes of at least 4 members (excludes halogenated alkanes) is 2. The monoisotopic (exact) mass is 228 g/mol. The first-order chi connectivity index (χ1) is 6.95. The van der Waals surface area contributed by atoms with Crippen molar-refractivity contribution in [3.05, 3.63) is 0 Å². The Morgan fingerprint density at radius 2 is 1.80 bits per heavy atom. The zero-order chi connectivity index (χ0) is 11.7. The molecule has 0 fully saturated rings. The second-order valence-electron chi connectivity index (χ2n) is 3.01. The Morgan fingerprint density at radius 1 is 1.13 bits per heavy atom. The molecule has 0 aromatic heterocycles. The van der Waals surface area contributed by atoms with Crippen molar-refractivity contribution in [2.24, 2.45) is 0 Å². The third-order valence-electron chi connectivity index (χ3n) is 1.57. The molecule has 0 radical (unpaired) electrons. The lowest BCUT2D eigenvalue weighted by atomic mass is 10.2. The molecular formula is C8H15F3N2O2. The lowest BCUT2D eigenvalue weighted by Gasteiger charge is -2.09. The molecule has 0 aliphatic heterocycles. The summed E-state index contributed by atoms with van der Waals surface area (Å²) in [6.45, 7) is -0.931. The summed E-state index contributed by atoms with van der Waals surface area (Å²) in [7, 11) is 0. The fourth-order valence-electron chi connectivity index (χ4n) is 0.859. The molecule has 7 heteroatoms. The highest BCUT2D eigenvalue weighted by Crippen LogP contribution is 2.11. The third kappa shape index (κ3) is 10.9. The molecule has 0 aromatic carbocycles. The molecule has 2 amide bonds. The average Bonchev–Trinajstić information content (AvgIpc) is 2.13. The van der Waals surface area contributed by atoms with Crippen LogP contribution in [0.5, 0.6) is 0 Å². The number of aliphatic hydroxyl groups excluding tert-OH is 1. The van der Waals surface area contributed by atoms with Gasteiger partial charge in [0, 0.05) is 13.2 Å². The highest BCUT2D eigenvalue weighted by Gasteiger charge is 2.27. The quantitative estimate of drug-likeness (QED) is 0.594. The van der Waals surface area contributed by atoms with Gasteiger partial charge in [-0.15, -0.1) is 0 Å². The van der Waals surface area contributed by atoms with E-state index in [0.717, 1.165) is 6.42 Å². The predicted octanol–water partition coefficient (Wildman–Crippen LogP) is 1.01. The van der Waals surface area contributed by atoms with E-state index < -0.39 is 18.8 Å². The number of aliphatic hydroxyl groups is 1. The summed E-state index contributed by atoms with van der Waals surface area (Å²) in [6.07, 6.45) is -2.38. The maximum Gasteiger partial charge on any atom is 0.405 e. The van der Waals surface area contributed by atoms with Crippen molar-refractivity contribution in [3.63, 3.8) is 0 Å². The lowest BCUT2D eigenvalue weighted by molar-refractivity contribution is -0.122. The number of rotatable bonds is 6. The van der Waals surface area contributed by atoms with Gasteiger partial charge in [-0.25, -0.2) is 4.79 Å². The van der Waals surface area contributed by atoms with Gasteiger partial charge in [0.2, 0.25) is 0 Å². The molecule has 0 heterocycles. The van der Waals surface area contributed by atoms with E-state index in [0.29, 0.717) is 19.4 Å². The summed E-state index contributed by atoms with van der Waals surface area (Å²) < 4.78 is 34.9. The summed E-state index contributed by atoms with van der Waals surface area (Å²) in [6, 6.07) is -0.823. The first-order valence-electron chi connectivity index (χ1n) is 4.65. The van der Waals surface area contributed by atoms with Crippen molar-refractivity contribution in [1.82, 2.24) is 10.6 Å². The molecule has 0 rings (SSSR count). The normalized spacial score (nSPS) is 11.2. The zero-order valence-corrected chi connectivity index (χ0v) is 8.23. The first-order valence-corrected chi connectivity index (χ1v) is 4.65. The van der Waals surface area contributed by atoms with E-state index in [-0.39, 0.29) is 6.61 Å². The van der Waals surface area contributed by atoms with Crippen LogP contribution in [0.15, 0.2) is 0 Å². The minimum absolute atomic E-state index is 0.0836. The number of urea groups is 1. The Kier molecular flexibility index (Phi) is 6.85. The fourth-order valence-corrected chi connectivity index (χ4v) is 0.859. The molecule has 3 N–H and O–H groups in total. The van der Waals surface area contributed by atoms with E-state index in [1.807, 2.05) is 0 Å². The Balaban J connectivity index is 3.34. The zero-order valence-electron chi connectivity index (χ0n) is 8.23. The van der Waals surface area contributed by atoms with Gasteiger partial charge in [-0.05, 0) is 19.3 Å². The lowest BCUT2D eigenvalue weighted by Crippen LogP contribution is -2.41. The van der Waals surface area contributed by atoms with E-state index >= 15 is 0 Å². The molecule has 0 bridgehead atoms. The van der Waals surface area contributed by atoms with Crippen molar-refractivity contribution >= 4 is 6.03 Å².